The smallest absolute Gasteiger partial charge is 0.387 e. The zero-order valence-electron chi connectivity index (χ0n) is 14.1. The summed E-state index contributed by atoms with van der Waals surface area (Å²) in [4.78, 5) is 14.0. The first-order chi connectivity index (χ1) is 12.3. The predicted molar refractivity (Wildman–Crippen MR) is 96.5 cm³/mol. The van der Waals surface area contributed by atoms with Crippen molar-refractivity contribution >= 4 is 29.1 Å². The molecule has 0 saturated heterocycles. The lowest BCUT2D eigenvalue weighted by Gasteiger charge is -2.19. The van der Waals surface area contributed by atoms with Crippen molar-refractivity contribution in [1.82, 2.24) is 4.90 Å². The Balaban J connectivity index is 2.20. The summed E-state index contributed by atoms with van der Waals surface area (Å²) < 4.78 is 34.7. The van der Waals surface area contributed by atoms with Crippen molar-refractivity contribution in [2.75, 3.05) is 13.7 Å². The van der Waals surface area contributed by atoms with Crippen molar-refractivity contribution in [3.63, 3.8) is 0 Å². The number of amides is 1. The van der Waals surface area contributed by atoms with Crippen molar-refractivity contribution in [3.8, 4) is 11.5 Å². The molecular weight excluding hydrogens is 387 g/mol. The molecule has 0 bridgehead atoms. The van der Waals surface area contributed by atoms with E-state index in [1.165, 1.54) is 11.0 Å². The maximum atomic E-state index is 12.6. The molecule has 4 nitrogen and oxygen atoms in total. The Morgan fingerprint density at radius 1 is 1.19 bits per heavy atom. The van der Waals surface area contributed by atoms with Gasteiger partial charge in [-0.3, -0.25) is 4.79 Å². The molecule has 0 spiro atoms. The summed E-state index contributed by atoms with van der Waals surface area (Å²) in [6.07, 6.45) is 0. The first-order valence-electron chi connectivity index (χ1n) is 7.73. The Labute approximate surface area is 160 Å². The van der Waals surface area contributed by atoms with E-state index in [1.807, 2.05) is 0 Å². The van der Waals surface area contributed by atoms with Crippen LogP contribution in [0.15, 0.2) is 36.4 Å². The second-order valence-corrected chi connectivity index (χ2v) is 6.14. The van der Waals surface area contributed by atoms with E-state index in [2.05, 4.69) is 4.74 Å². The zero-order valence-corrected chi connectivity index (χ0v) is 15.7. The van der Waals surface area contributed by atoms with Crippen LogP contribution in [0.25, 0.3) is 0 Å². The number of hydrogen-bond donors (Lipinski definition) is 0. The van der Waals surface area contributed by atoms with Crippen LogP contribution in [0.4, 0.5) is 8.78 Å². The topological polar surface area (TPSA) is 38.8 Å². The third-order valence-corrected chi connectivity index (χ3v) is 4.29. The fourth-order valence-electron chi connectivity index (χ4n) is 2.33. The van der Waals surface area contributed by atoms with E-state index in [-0.39, 0.29) is 46.2 Å². The maximum Gasteiger partial charge on any atom is 0.387 e. The Kier molecular flexibility index (Phi) is 7.06. The molecule has 0 saturated carbocycles. The summed E-state index contributed by atoms with van der Waals surface area (Å²) >= 11 is 12.0. The first-order valence-corrected chi connectivity index (χ1v) is 8.49. The second kappa shape index (κ2) is 9.05. The molecule has 0 aliphatic heterocycles. The summed E-state index contributed by atoms with van der Waals surface area (Å²) in [5, 5.41) is 0.472. The summed E-state index contributed by atoms with van der Waals surface area (Å²) in [5.74, 6) is -0.187. The van der Waals surface area contributed by atoms with Crippen LogP contribution in [-0.2, 0) is 6.54 Å². The van der Waals surface area contributed by atoms with E-state index < -0.39 is 6.61 Å². The second-order valence-electron chi connectivity index (χ2n) is 5.36. The van der Waals surface area contributed by atoms with Gasteiger partial charge in [0, 0.05) is 13.6 Å². The third kappa shape index (κ3) is 4.99. The number of rotatable bonds is 7. The van der Waals surface area contributed by atoms with Crippen LogP contribution < -0.4 is 9.47 Å². The van der Waals surface area contributed by atoms with Crippen LogP contribution in [-0.4, -0.2) is 31.1 Å². The van der Waals surface area contributed by atoms with Gasteiger partial charge in [-0.1, -0.05) is 35.3 Å². The number of carbonyl (C=O) groups is 1. The van der Waals surface area contributed by atoms with Gasteiger partial charge in [0.1, 0.15) is 0 Å². The number of nitrogens with zero attached hydrogens (tertiary/aromatic N) is 1. The van der Waals surface area contributed by atoms with Gasteiger partial charge in [-0.25, -0.2) is 0 Å². The Hall–Kier alpha value is -2.05. The average molecular weight is 404 g/mol. The molecule has 140 valence electrons. The SMILES string of the molecule is CCOc1cc(CN(C)C(=O)c2cccc(Cl)c2Cl)ccc1OC(F)F. The lowest BCUT2D eigenvalue weighted by Crippen LogP contribution is -2.26. The molecule has 0 fully saturated rings. The monoisotopic (exact) mass is 403 g/mol. The number of halogens is 4. The average Bonchev–Trinajstić information content (AvgIpc) is 2.59. The quantitative estimate of drug-likeness (QED) is 0.632. The Morgan fingerprint density at radius 3 is 2.58 bits per heavy atom. The molecule has 26 heavy (non-hydrogen) atoms. The van der Waals surface area contributed by atoms with E-state index >= 15 is 0 Å². The van der Waals surface area contributed by atoms with Crippen molar-refractivity contribution in [3.05, 3.63) is 57.6 Å². The predicted octanol–water partition coefficient (Wildman–Crippen LogP) is 5.27. The first kappa shape index (κ1) is 20.3. The molecule has 2 aromatic carbocycles. The number of ether oxygens (including phenoxy) is 2. The minimum absolute atomic E-state index is 0.0579. The van der Waals surface area contributed by atoms with Gasteiger partial charge < -0.3 is 14.4 Å². The summed E-state index contributed by atoms with van der Waals surface area (Å²) in [6, 6.07) is 9.35. The van der Waals surface area contributed by atoms with Crippen molar-refractivity contribution in [2.45, 2.75) is 20.1 Å². The van der Waals surface area contributed by atoms with Crippen LogP contribution in [0.5, 0.6) is 11.5 Å². The van der Waals surface area contributed by atoms with Gasteiger partial charge in [-0.2, -0.15) is 8.78 Å². The standard InChI is InChI=1S/C18H17Cl2F2NO3/c1-3-25-15-9-11(7-8-14(15)26-18(21)22)10-23(2)17(24)12-5-4-6-13(19)16(12)20/h4-9,18H,3,10H2,1-2H3. The van der Waals surface area contributed by atoms with E-state index in [4.69, 9.17) is 27.9 Å². The van der Waals surface area contributed by atoms with Gasteiger partial charge in [0.25, 0.3) is 5.91 Å². The number of alkyl halides is 2. The van der Waals surface area contributed by atoms with Gasteiger partial charge in [0.05, 0.1) is 22.2 Å². The molecule has 8 heteroatoms. The van der Waals surface area contributed by atoms with Crippen molar-refractivity contribution in [1.29, 1.82) is 0 Å². The normalized spacial score (nSPS) is 10.7. The summed E-state index contributed by atoms with van der Waals surface area (Å²) in [5.41, 5.74) is 0.966. The van der Waals surface area contributed by atoms with Crippen molar-refractivity contribution in [2.24, 2.45) is 0 Å². The lowest BCUT2D eigenvalue weighted by atomic mass is 10.1. The van der Waals surface area contributed by atoms with Crippen LogP contribution in [0.1, 0.15) is 22.8 Å². The molecule has 2 aromatic rings. The van der Waals surface area contributed by atoms with Crippen LogP contribution in [0.3, 0.4) is 0 Å². The molecule has 0 aliphatic carbocycles. The minimum atomic E-state index is -2.95. The Bertz CT molecular complexity index is 787. The molecule has 0 heterocycles. The van der Waals surface area contributed by atoms with E-state index in [0.29, 0.717) is 5.56 Å². The van der Waals surface area contributed by atoms with Gasteiger partial charge in [-0.15, -0.1) is 0 Å². The van der Waals surface area contributed by atoms with E-state index in [9.17, 15) is 13.6 Å². The number of hydrogen-bond acceptors (Lipinski definition) is 3. The highest BCUT2D eigenvalue weighted by Crippen LogP contribution is 2.31. The van der Waals surface area contributed by atoms with Crippen LogP contribution in [0.2, 0.25) is 10.0 Å². The van der Waals surface area contributed by atoms with E-state index in [1.54, 1.807) is 44.3 Å². The van der Waals surface area contributed by atoms with Crippen LogP contribution >= 0.6 is 23.2 Å². The lowest BCUT2D eigenvalue weighted by molar-refractivity contribution is -0.0514. The Morgan fingerprint density at radius 2 is 1.92 bits per heavy atom. The summed E-state index contributed by atoms with van der Waals surface area (Å²) in [7, 11) is 1.60. The van der Waals surface area contributed by atoms with Crippen LogP contribution in [0, 0.1) is 0 Å². The molecule has 0 radical (unpaired) electrons. The number of carbonyl (C=O) groups excluding carboxylic acids is 1. The molecule has 0 atom stereocenters. The highest BCUT2D eigenvalue weighted by molar-refractivity contribution is 6.43. The minimum Gasteiger partial charge on any atom is -0.490 e. The highest BCUT2D eigenvalue weighted by atomic mass is 35.5. The molecule has 1 amide bonds. The molecule has 2 rings (SSSR count). The fourth-order valence-corrected chi connectivity index (χ4v) is 2.71. The van der Waals surface area contributed by atoms with Crippen molar-refractivity contribution < 1.29 is 23.0 Å². The van der Waals surface area contributed by atoms with E-state index in [0.717, 1.165) is 0 Å². The maximum absolute atomic E-state index is 12.6. The largest absolute Gasteiger partial charge is 0.490 e. The molecule has 0 N–H and O–H groups in total. The van der Waals surface area contributed by atoms with Gasteiger partial charge in [0.2, 0.25) is 0 Å². The molecule has 0 aliphatic rings. The number of benzene rings is 2. The molecule has 0 aromatic heterocycles. The molecular formula is C18H17Cl2F2NO3. The summed E-state index contributed by atoms with van der Waals surface area (Å²) in [6.45, 7) is -0.711. The van der Waals surface area contributed by atoms with Gasteiger partial charge in [0.15, 0.2) is 11.5 Å². The fraction of sp³-hybridized carbons (Fsp3) is 0.278. The third-order valence-electron chi connectivity index (χ3n) is 3.47. The van der Waals surface area contributed by atoms with Gasteiger partial charge >= 0.3 is 6.61 Å². The zero-order chi connectivity index (χ0) is 19.3. The molecule has 0 unspecified atom stereocenters. The highest BCUT2D eigenvalue weighted by Gasteiger charge is 2.18. The van der Waals surface area contributed by atoms with Gasteiger partial charge in [-0.05, 0) is 36.8 Å².